The lowest BCUT2D eigenvalue weighted by molar-refractivity contribution is -0.141. The van der Waals surface area contributed by atoms with E-state index in [1.165, 1.54) is 11.8 Å². The monoisotopic (exact) mass is 436 g/mol. The molecule has 1 aliphatic heterocycles. The van der Waals surface area contributed by atoms with Crippen LogP contribution >= 0.6 is 0 Å². The molecule has 0 spiro atoms. The molecule has 1 saturated carbocycles. The Kier molecular flexibility index (Phi) is 5.63. The maximum absolute atomic E-state index is 13.0. The molecular formula is C21H23F3N4O3. The van der Waals surface area contributed by atoms with Crippen molar-refractivity contribution in [3.8, 4) is 5.75 Å². The quantitative estimate of drug-likeness (QED) is 0.724. The normalized spacial score (nSPS) is 19.0. The van der Waals surface area contributed by atoms with Crippen LogP contribution in [0.3, 0.4) is 0 Å². The van der Waals surface area contributed by atoms with Crippen LogP contribution in [0.4, 0.5) is 18.9 Å². The highest BCUT2D eigenvalue weighted by Crippen LogP contribution is 2.42. The van der Waals surface area contributed by atoms with Gasteiger partial charge in [0.2, 0.25) is 11.8 Å². The van der Waals surface area contributed by atoms with E-state index in [9.17, 15) is 22.8 Å². The highest BCUT2D eigenvalue weighted by atomic mass is 19.4. The first-order valence-corrected chi connectivity index (χ1v) is 10.1. The second kappa shape index (κ2) is 8.24. The molecule has 0 unspecified atom stereocenters. The Morgan fingerprint density at radius 1 is 1.29 bits per heavy atom. The average molecular weight is 436 g/mol. The third kappa shape index (κ3) is 4.67. The van der Waals surface area contributed by atoms with Gasteiger partial charge in [0.15, 0.2) is 5.69 Å². The summed E-state index contributed by atoms with van der Waals surface area (Å²) in [5.41, 5.74) is 0.308. The van der Waals surface area contributed by atoms with Crippen molar-refractivity contribution in [2.75, 3.05) is 25.1 Å². The second-order valence-corrected chi connectivity index (χ2v) is 7.85. The number of ether oxygens (including phenoxy) is 1. The summed E-state index contributed by atoms with van der Waals surface area (Å²) in [5, 5.41) is 6.42. The van der Waals surface area contributed by atoms with Crippen LogP contribution in [-0.2, 0) is 22.3 Å². The van der Waals surface area contributed by atoms with Crippen molar-refractivity contribution < 1.29 is 27.5 Å². The van der Waals surface area contributed by atoms with E-state index >= 15 is 0 Å². The van der Waals surface area contributed by atoms with Crippen molar-refractivity contribution in [2.45, 2.75) is 37.9 Å². The van der Waals surface area contributed by atoms with Crippen molar-refractivity contribution in [3.63, 3.8) is 0 Å². The van der Waals surface area contributed by atoms with Gasteiger partial charge in [-0.15, -0.1) is 0 Å². The summed E-state index contributed by atoms with van der Waals surface area (Å²) in [5.74, 6) is -0.267. The van der Waals surface area contributed by atoms with Gasteiger partial charge in [0.1, 0.15) is 5.75 Å². The number of rotatable bonds is 7. The molecule has 1 N–H and O–H groups in total. The first-order chi connectivity index (χ1) is 14.8. The van der Waals surface area contributed by atoms with Gasteiger partial charge in [-0.2, -0.15) is 18.3 Å². The number of carbonyl (C=O) groups is 2. The number of methoxy groups -OCH3 is 1. The van der Waals surface area contributed by atoms with Gasteiger partial charge in [0, 0.05) is 42.9 Å². The van der Waals surface area contributed by atoms with Gasteiger partial charge >= 0.3 is 6.18 Å². The minimum absolute atomic E-state index is 0.0797. The van der Waals surface area contributed by atoms with Crippen LogP contribution in [0, 0.1) is 5.92 Å². The number of aromatic nitrogens is 2. The van der Waals surface area contributed by atoms with E-state index in [0.717, 1.165) is 18.9 Å². The van der Waals surface area contributed by atoms with Gasteiger partial charge in [-0.3, -0.25) is 14.3 Å². The third-order valence-electron chi connectivity index (χ3n) is 5.58. The number of carbonyl (C=O) groups excluding carboxylic acids is 2. The molecule has 1 saturated heterocycles. The van der Waals surface area contributed by atoms with E-state index in [-0.39, 0.29) is 43.8 Å². The fraction of sp³-hybridized carbons (Fsp3) is 0.476. The van der Waals surface area contributed by atoms with Crippen molar-refractivity contribution in [2.24, 2.45) is 5.92 Å². The first kappa shape index (κ1) is 21.2. The fourth-order valence-corrected chi connectivity index (χ4v) is 3.80. The number of anilines is 1. The third-order valence-corrected chi connectivity index (χ3v) is 5.58. The Bertz CT molecular complexity index is 984. The molecular weight excluding hydrogens is 413 g/mol. The summed E-state index contributed by atoms with van der Waals surface area (Å²) < 4.78 is 45.5. The molecule has 2 fully saturated rings. The molecule has 1 aromatic heterocycles. The fourth-order valence-electron chi connectivity index (χ4n) is 3.80. The van der Waals surface area contributed by atoms with E-state index in [2.05, 4.69) is 10.4 Å². The number of alkyl halides is 3. The van der Waals surface area contributed by atoms with Crippen molar-refractivity contribution in [1.82, 2.24) is 15.1 Å². The van der Waals surface area contributed by atoms with Gasteiger partial charge in [-0.25, -0.2) is 0 Å². The van der Waals surface area contributed by atoms with Gasteiger partial charge in [0.25, 0.3) is 0 Å². The lowest BCUT2D eigenvalue weighted by atomic mass is 10.1. The largest absolute Gasteiger partial charge is 0.497 e. The molecule has 10 heteroatoms. The van der Waals surface area contributed by atoms with E-state index in [4.69, 9.17) is 4.74 Å². The molecule has 4 rings (SSSR count). The van der Waals surface area contributed by atoms with Crippen molar-refractivity contribution in [3.05, 3.63) is 41.7 Å². The molecule has 1 atom stereocenters. The molecule has 0 bridgehead atoms. The number of nitrogens with one attached hydrogen (secondary N) is 1. The van der Waals surface area contributed by atoms with Gasteiger partial charge < -0.3 is 15.0 Å². The van der Waals surface area contributed by atoms with Gasteiger partial charge in [0.05, 0.1) is 19.6 Å². The Labute approximate surface area is 177 Å². The molecule has 2 aliphatic rings. The topological polar surface area (TPSA) is 76.5 Å². The molecule has 1 aromatic carbocycles. The van der Waals surface area contributed by atoms with Crippen LogP contribution in [0.2, 0.25) is 0 Å². The summed E-state index contributed by atoms with van der Waals surface area (Å²) in [6.45, 7) is 0.528. The van der Waals surface area contributed by atoms with Crippen LogP contribution in [0.1, 0.15) is 36.6 Å². The number of hydrogen-bond acceptors (Lipinski definition) is 4. The molecule has 1 aliphatic carbocycles. The summed E-state index contributed by atoms with van der Waals surface area (Å²) in [4.78, 5) is 26.5. The van der Waals surface area contributed by atoms with E-state index in [0.29, 0.717) is 17.1 Å². The summed E-state index contributed by atoms with van der Waals surface area (Å²) in [6.07, 6.45) is -2.72. The minimum Gasteiger partial charge on any atom is -0.497 e. The van der Waals surface area contributed by atoms with Crippen molar-refractivity contribution in [1.29, 1.82) is 0 Å². The maximum Gasteiger partial charge on any atom is 0.435 e. The highest BCUT2D eigenvalue weighted by molar-refractivity contribution is 6.00. The van der Waals surface area contributed by atoms with E-state index in [1.54, 1.807) is 29.2 Å². The maximum atomic E-state index is 13.0. The van der Waals surface area contributed by atoms with Crippen LogP contribution < -0.4 is 15.0 Å². The smallest absolute Gasteiger partial charge is 0.435 e. The lowest BCUT2D eigenvalue weighted by Gasteiger charge is -2.17. The molecule has 166 valence electrons. The van der Waals surface area contributed by atoms with Crippen LogP contribution in [-0.4, -0.2) is 41.8 Å². The zero-order chi connectivity index (χ0) is 22.2. The zero-order valence-electron chi connectivity index (χ0n) is 17.0. The Morgan fingerprint density at radius 3 is 2.74 bits per heavy atom. The Balaban J connectivity index is 1.34. The summed E-state index contributed by atoms with van der Waals surface area (Å²) in [6, 6.07) is 8.14. The van der Waals surface area contributed by atoms with Crippen LogP contribution in [0.15, 0.2) is 30.3 Å². The Hall–Kier alpha value is -3.04. The Morgan fingerprint density at radius 2 is 2.06 bits per heavy atom. The SMILES string of the molecule is COc1cccc(N2C[C@H](C(=O)NCCn3nc(C(F)(F)F)cc3C3CC3)CC2=O)c1. The molecule has 0 radical (unpaired) electrons. The number of halogens is 3. The number of benzene rings is 1. The predicted molar refractivity (Wildman–Crippen MR) is 106 cm³/mol. The predicted octanol–water partition coefficient (Wildman–Crippen LogP) is 2.96. The molecule has 7 nitrogen and oxygen atoms in total. The average Bonchev–Trinajstić information content (AvgIpc) is 3.36. The first-order valence-electron chi connectivity index (χ1n) is 10.1. The highest BCUT2D eigenvalue weighted by Gasteiger charge is 2.38. The van der Waals surface area contributed by atoms with E-state index in [1.807, 2.05) is 0 Å². The number of hydrogen-bond donors (Lipinski definition) is 1. The van der Waals surface area contributed by atoms with Gasteiger partial charge in [-0.1, -0.05) is 6.07 Å². The van der Waals surface area contributed by atoms with E-state index < -0.39 is 17.8 Å². The lowest BCUT2D eigenvalue weighted by Crippen LogP contribution is -2.35. The van der Waals surface area contributed by atoms with Gasteiger partial charge in [-0.05, 0) is 31.0 Å². The van der Waals surface area contributed by atoms with Crippen LogP contribution in [0.25, 0.3) is 0 Å². The molecule has 2 heterocycles. The molecule has 31 heavy (non-hydrogen) atoms. The second-order valence-electron chi connectivity index (χ2n) is 7.85. The number of amides is 2. The zero-order valence-corrected chi connectivity index (χ0v) is 17.0. The van der Waals surface area contributed by atoms with Crippen molar-refractivity contribution >= 4 is 17.5 Å². The standard InChI is InChI=1S/C21H23F3N4O3/c1-31-16-4-2-3-15(10-16)27-12-14(9-19(27)29)20(30)25-7-8-28-17(13-5-6-13)11-18(26-28)21(22,23)24/h2-4,10-11,13-14H,5-9,12H2,1H3,(H,25,30)/t14-/m1/s1. The van der Waals surface area contributed by atoms with Crippen LogP contribution in [0.5, 0.6) is 5.75 Å². The molecule has 2 amide bonds. The minimum atomic E-state index is -4.49. The number of nitrogens with zero attached hydrogens (tertiary/aromatic N) is 3. The summed E-state index contributed by atoms with van der Waals surface area (Å²) in [7, 11) is 1.53. The molecule has 2 aromatic rings. The summed E-state index contributed by atoms with van der Waals surface area (Å²) >= 11 is 0.